The van der Waals surface area contributed by atoms with Crippen molar-refractivity contribution >= 4 is 5.97 Å². The Labute approximate surface area is 82.7 Å². The fourth-order valence-corrected chi connectivity index (χ4v) is 1.93. The van der Waals surface area contributed by atoms with Crippen LogP contribution in [-0.4, -0.2) is 22.8 Å². The van der Waals surface area contributed by atoms with Crippen molar-refractivity contribution in [1.29, 1.82) is 0 Å². The zero-order valence-corrected chi connectivity index (χ0v) is 8.46. The average molecular weight is 194 g/mol. The Morgan fingerprint density at radius 1 is 1.64 bits per heavy atom. The van der Waals surface area contributed by atoms with Gasteiger partial charge < -0.3 is 4.74 Å². The molecule has 0 aromatic carbocycles. The number of aromatic amines is 1. The van der Waals surface area contributed by atoms with E-state index in [1.165, 1.54) is 0 Å². The van der Waals surface area contributed by atoms with Gasteiger partial charge in [-0.15, -0.1) is 0 Å². The molecule has 1 aliphatic rings. The first-order valence-corrected chi connectivity index (χ1v) is 4.95. The lowest BCUT2D eigenvalue weighted by Crippen LogP contribution is -2.08. The highest BCUT2D eigenvalue weighted by Gasteiger charge is 2.27. The molecule has 1 aromatic heterocycles. The molecule has 1 aliphatic carbocycles. The van der Waals surface area contributed by atoms with Gasteiger partial charge in [-0.3, -0.25) is 5.10 Å². The van der Waals surface area contributed by atoms with E-state index in [9.17, 15) is 4.79 Å². The Balaban J connectivity index is 2.25. The highest BCUT2D eigenvalue weighted by molar-refractivity contribution is 5.89. The van der Waals surface area contributed by atoms with Gasteiger partial charge in [-0.05, 0) is 25.7 Å². The summed E-state index contributed by atoms with van der Waals surface area (Å²) in [6.45, 7) is 4.37. The van der Waals surface area contributed by atoms with Crippen molar-refractivity contribution in [3.8, 4) is 0 Å². The Morgan fingerprint density at radius 3 is 3.14 bits per heavy atom. The highest BCUT2D eigenvalue weighted by atomic mass is 16.5. The van der Waals surface area contributed by atoms with Gasteiger partial charge in [-0.2, -0.15) is 5.10 Å². The number of nitrogens with zero attached hydrogens (tertiary/aromatic N) is 1. The molecule has 1 heterocycles. The molecule has 76 valence electrons. The zero-order valence-electron chi connectivity index (χ0n) is 8.46. The molecular formula is C10H14N2O2. The standard InChI is InChI=1S/C10H14N2O2/c1-3-14-10(13)9-7-4-6(2)5-8(7)11-12-9/h6H,3-5H2,1-2H3,(H,11,12). The fraction of sp³-hybridized carbons (Fsp3) is 0.600. The molecule has 0 amide bonds. The molecule has 2 rings (SSSR count). The van der Waals surface area contributed by atoms with Crippen LogP contribution in [0, 0.1) is 5.92 Å². The molecule has 4 nitrogen and oxygen atoms in total. The Bertz CT molecular complexity index is 357. The van der Waals surface area contributed by atoms with Crippen LogP contribution in [0.4, 0.5) is 0 Å². The third kappa shape index (κ3) is 1.41. The molecule has 0 radical (unpaired) electrons. The normalized spacial score (nSPS) is 19.4. The third-order valence-corrected chi connectivity index (χ3v) is 2.53. The molecule has 0 bridgehead atoms. The number of hydrogen-bond donors (Lipinski definition) is 1. The van der Waals surface area contributed by atoms with Gasteiger partial charge in [0.2, 0.25) is 0 Å². The summed E-state index contributed by atoms with van der Waals surface area (Å²) in [5, 5.41) is 6.90. The number of carbonyl (C=O) groups excluding carboxylic acids is 1. The lowest BCUT2D eigenvalue weighted by atomic mass is 10.1. The van der Waals surface area contributed by atoms with Gasteiger partial charge in [-0.1, -0.05) is 6.92 Å². The summed E-state index contributed by atoms with van der Waals surface area (Å²) in [6, 6.07) is 0. The first-order chi connectivity index (χ1) is 6.72. The van der Waals surface area contributed by atoms with Crippen molar-refractivity contribution in [3.63, 3.8) is 0 Å². The van der Waals surface area contributed by atoms with Gasteiger partial charge in [0.25, 0.3) is 0 Å². The molecule has 1 unspecified atom stereocenters. The molecule has 0 spiro atoms. The Morgan fingerprint density at radius 2 is 2.43 bits per heavy atom. The Kier molecular flexibility index (Phi) is 2.27. The average Bonchev–Trinajstić information content (AvgIpc) is 2.62. The van der Waals surface area contributed by atoms with E-state index in [0.717, 1.165) is 24.1 Å². The van der Waals surface area contributed by atoms with E-state index in [-0.39, 0.29) is 5.97 Å². The fourth-order valence-electron chi connectivity index (χ4n) is 1.93. The summed E-state index contributed by atoms with van der Waals surface area (Å²) in [7, 11) is 0. The first-order valence-electron chi connectivity index (χ1n) is 4.95. The van der Waals surface area contributed by atoms with E-state index in [0.29, 0.717) is 18.2 Å². The maximum atomic E-state index is 11.5. The van der Waals surface area contributed by atoms with E-state index in [1.54, 1.807) is 6.92 Å². The van der Waals surface area contributed by atoms with Crippen molar-refractivity contribution in [3.05, 3.63) is 17.0 Å². The minimum Gasteiger partial charge on any atom is -0.461 e. The minimum absolute atomic E-state index is 0.306. The second-order valence-electron chi connectivity index (χ2n) is 3.76. The Hall–Kier alpha value is -1.32. The number of aromatic nitrogens is 2. The van der Waals surface area contributed by atoms with E-state index in [1.807, 2.05) is 0 Å². The second-order valence-corrected chi connectivity index (χ2v) is 3.76. The van der Waals surface area contributed by atoms with Gasteiger partial charge in [-0.25, -0.2) is 4.79 Å². The molecule has 14 heavy (non-hydrogen) atoms. The largest absolute Gasteiger partial charge is 0.461 e. The van der Waals surface area contributed by atoms with Crippen LogP contribution in [0.25, 0.3) is 0 Å². The van der Waals surface area contributed by atoms with E-state index in [4.69, 9.17) is 4.74 Å². The summed E-state index contributed by atoms with van der Waals surface area (Å²) in [5.41, 5.74) is 2.63. The van der Waals surface area contributed by atoms with E-state index in [2.05, 4.69) is 17.1 Å². The number of fused-ring (bicyclic) bond motifs is 1. The lowest BCUT2D eigenvalue weighted by Gasteiger charge is -2.00. The quantitative estimate of drug-likeness (QED) is 0.722. The van der Waals surface area contributed by atoms with Crippen molar-refractivity contribution in [1.82, 2.24) is 10.2 Å². The smallest absolute Gasteiger partial charge is 0.359 e. The summed E-state index contributed by atoms with van der Waals surface area (Å²) >= 11 is 0. The van der Waals surface area contributed by atoms with Crippen LogP contribution in [0.2, 0.25) is 0 Å². The molecule has 0 fully saturated rings. The van der Waals surface area contributed by atoms with Gasteiger partial charge in [0.1, 0.15) is 0 Å². The van der Waals surface area contributed by atoms with Crippen LogP contribution >= 0.6 is 0 Å². The highest BCUT2D eigenvalue weighted by Crippen LogP contribution is 2.27. The minimum atomic E-state index is -0.306. The maximum absolute atomic E-state index is 11.5. The van der Waals surface area contributed by atoms with E-state index < -0.39 is 0 Å². The van der Waals surface area contributed by atoms with E-state index >= 15 is 0 Å². The SMILES string of the molecule is CCOC(=O)c1n[nH]c2c1CC(C)C2. The number of rotatable bonds is 2. The molecule has 1 aromatic rings. The summed E-state index contributed by atoms with van der Waals surface area (Å²) < 4.78 is 4.93. The van der Waals surface area contributed by atoms with Crippen LogP contribution < -0.4 is 0 Å². The molecule has 0 aliphatic heterocycles. The van der Waals surface area contributed by atoms with Crippen molar-refractivity contribution < 1.29 is 9.53 Å². The first kappa shape index (κ1) is 9.24. The zero-order chi connectivity index (χ0) is 10.1. The van der Waals surface area contributed by atoms with Crippen LogP contribution in [0.5, 0.6) is 0 Å². The number of ether oxygens (including phenoxy) is 1. The second kappa shape index (κ2) is 3.44. The number of H-pyrrole nitrogens is 1. The van der Waals surface area contributed by atoms with Gasteiger partial charge >= 0.3 is 5.97 Å². The molecule has 1 atom stereocenters. The van der Waals surface area contributed by atoms with Crippen molar-refractivity contribution in [2.75, 3.05) is 6.61 Å². The number of hydrogen-bond acceptors (Lipinski definition) is 3. The third-order valence-electron chi connectivity index (χ3n) is 2.53. The molecular weight excluding hydrogens is 180 g/mol. The van der Waals surface area contributed by atoms with Crippen LogP contribution in [0.15, 0.2) is 0 Å². The van der Waals surface area contributed by atoms with Crippen LogP contribution in [0.3, 0.4) is 0 Å². The van der Waals surface area contributed by atoms with Crippen LogP contribution in [-0.2, 0) is 17.6 Å². The molecule has 1 N–H and O–H groups in total. The molecule has 4 heteroatoms. The summed E-state index contributed by atoms with van der Waals surface area (Å²) in [4.78, 5) is 11.5. The van der Waals surface area contributed by atoms with Crippen molar-refractivity contribution in [2.24, 2.45) is 5.92 Å². The van der Waals surface area contributed by atoms with Gasteiger partial charge in [0.15, 0.2) is 5.69 Å². The summed E-state index contributed by atoms with van der Waals surface area (Å²) in [5.74, 6) is 0.298. The van der Waals surface area contributed by atoms with Gasteiger partial charge in [0.05, 0.1) is 6.61 Å². The monoisotopic (exact) mass is 194 g/mol. The lowest BCUT2D eigenvalue weighted by molar-refractivity contribution is 0.0518. The summed E-state index contributed by atoms with van der Waals surface area (Å²) in [6.07, 6.45) is 1.92. The predicted molar refractivity (Wildman–Crippen MR) is 51.1 cm³/mol. The number of carbonyl (C=O) groups is 1. The molecule has 0 saturated heterocycles. The number of nitrogens with one attached hydrogen (secondary N) is 1. The predicted octanol–water partition coefficient (Wildman–Crippen LogP) is 1.32. The number of esters is 1. The van der Waals surface area contributed by atoms with Crippen molar-refractivity contribution in [2.45, 2.75) is 26.7 Å². The van der Waals surface area contributed by atoms with Gasteiger partial charge in [0, 0.05) is 11.3 Å². The maximum Gasteiger partial charge on any atom is 0.359 e. The molecule has 0 saturated carbocycles. The topological polar surface area (TPSA) is 55.0 Å². The van der Waals surface area contributed by atoms with Crippen LogP contribution in [0.1, 0.15) is 35.6 Å².